The van der Waals surface area contributed by atoms with Gasteiger partial charge in [-0.25, -0.2) is 12.4 Å². The lowest BCUT2D eigenvalue weighted by atomic mass is 10.0. The van der Waals surface area contributed by atoms with Gasteiger partial charge in [-0.3, -0.25) is 0 Å². The van der Waals surface area contributed by atoms with Gasteiger partial charge in [-0.05, 0) is 57.9 Å². The summed E-state index contributed by atoms with van der Waals surface area (Å²) < 4.78 is 28.1. The third-order valence-corrected chi connectivity index (χ3v) is 5.97. The van der Waals surface area contributed by atoms with Gasteiger partial charge in [-0.1, -0.05) is 48.0 Å². The molecule has 0 saturated heterocycles. The van der Waals surface area contributed by atoms with Crippen molar-refractivity contribution in [2.45, 2.75) is 45.1 Å². The van der Waals surface area contributed by atoms with Crippen LogP contribution in [0.4, 0.5) is 5.82 Å². The van der Waals surface area contributed by atoms with E-state index in [1.54, 1.807) is 18.3 Å². The quantitative estimate of drug-likeness (QED) is 0.673. The minimum Gasteiger partial charge on any atom is -0.366 e. The minimum absolute atomic E-state index is 0.277. The number of nitrogens with zero attached hydrogens (tertiary/aromatic N) is 1. The summed E-state index contributed by atoms with van der Waals surface area (Å²) in [6.45, 7) is 9.94. The summed E-state index contributed by atoms with van der Waals surface area (Å²) in [5.41, 5.74) is 3.52. The molecule has 27 heavy (non-hydrogen) atoms. The summed E-state index contributed by atoms with van der Waals surface area (Å²) in [4.78, 5) is 0.277. The van der Waals surface area contributed by atoms with Crippen LogP contribution in [0.15, 0.2) is 65.7 Å². The first kappa shape index (κ1) is 19.2. The third-order valence-electron chi connectivity index (χ3n) is 4.30. The number of anilines is 1. The van der Waals surface area contributed by atoms with Crippen molar-refractivity contribution in [1.82, 2.24) is 3.97 Å². The van der Waals surface area contributed by atoms with E-state index in [4.69, 9.17) is 0 Å². The molecule has 0 aliphatic heterocycles. The van der Waals surface area contributed by atoms with Crippen molar-refractivity contribution in [3.63, 3.8) is 0 Å². The second kappa shape index (κ2) is 6.89. The SMILES string of the molecule is Cc1ccc(S(=O)(=O)n2cc(C)c(-c3ccccc3)c2NC(C)(C)C)cc1. The predicted molar refractivity (Wildman–Crippen MR) is 112 cm³/mol. The molecule has 0 atom stereocenters. The average molecular weight is 383 g/mol. The Labute approximate surface area is 161 Å². The van der Waals surface area contributed by atoms with Gasteiger partial charge in [0.15, 0.2) is 0 Å². The Kier molecular flexibility index (Phi) is 4.91. The number of aromatic nitrogens is 1. The minimum atomic E-state index is -3.71. The highest BCUT2D eigenvalue weighted by Gasteiger charge is 2.27. The zero-order valence-corrected chi connectivity index (χ0v) is 17.3. The normalized spacial score (nSPS) is 12.2. The first-order valence-electron chi connectivity index (χ1n) is 8.97. The number of rotatable bonds is 4. The van der Waals surface area contributed by atoms with Crippen molar-refractivity contribution < 1.29 is 8.42 Å². The fourth-order valence-corrected chi connectivity index (χ4v) is 4.44. The molecule has 0 spiro atoms. The number of aryl methyl sites for hydroxylation is 2. The van der Waals surface area contributed by atoms with Gasteiger partial charge in [0, 0.05) is 17.3 Å². The van der Waals surface area contributed by atoms with Gasteiger partial charge in [-0.15, -0.1) is 0 Å². The molecule has 5 heteroatoms. The van der Waals surface area contributed by atoms with Crippen molar-refractivity contribution in [1.29, 1.82) is 0 Å². The van der Waals surface area contributed by atoms with Crippen LogP contribution in [0.2, 0.25) is 0 Å². The lowest BCUT2D eigenvalue weighted by Crippen LogP contribution is -2.29. The number of hydrogen-bond donors (Lipinski definition) is 1. The van der Waals surface area contributed by atoms with Crippen molar-refractivity contribution in [3.8, 4) is 11.1 Å². The standard InChI is InChI=1S/C22H26N2O2S/c1-16-11-13-19(14-12-16)27(25,26)24-15-17(2)20(18-9-7-6-8-10-18)21(24)23-22(3,4)5/h6-15,23H,1-5H3. The predicted octanol–water partition coefficient (Wildman–Crippen LogP) is 5.22. The van der Waals surface area contributed by atoms with Gasteiger partial charge < -0.3 is 5.32 Å². The maximum atomic E-state index is 13.4. The molecule has 0 fully saturated rings. The fraction of sp³-hybridized carbons (Fsp3) is 0.273. The molecule has 0 bridgehead atoms. The van der Waals surface area contributed by atoms with Crippen molar-refractivity contribution in [2.24, 2.45) is 0 Å². The molecule has 0 aliphatic rings. The van der Waals surface area contributed by atoms with E-state index in [1.807, 2.05) is 77.1 Å². The summed E-state index contributed by atoms with van der Waals surface area (Å²) >= 11 is 0. The van der Waals surface area contributed by atoms with Crippen LogP contribution in [-0.2, 0) is 10.0 Å². The van der Waals surface area contributed by atoms with Crippen LogP contribution in [0.1, 0.15) is 31.9 Å². The topological polar surface area (TPSA) is 51.1 Å². The number of hydrogen-bond acceptors (Lipinski definition) is 3. The fourth-order valence-electron chi connectivity index (χ4n) is 3.06. The Hall–Kier alpha value is -2.53. The van der Waals surface area contributed by atoms with Crippen molar-refractivity contribution in [2.75, 3.05) is 5.32 Å². The first-order chi connectivity index (χ1) is 12.6. The molecule has 1 N–H and O–H groups in total. The zero-order chi connectivity index (χ0) is 19.8. The van der Waals surface area contributed by atoms with E-state index in [9.17, 15) is 8.42 Å². The van der Waals surface area contributed by atoms with E-state index in [-0.39, 0.29) is 10.4 Å². The second-order valence-electron chi connectivity index (χ2n) is 7.89. The molecule has 1 heterocycles. The van der Waals surface area contributed by atoms with Gasteiger partial charge in [0.2, 0.25) is 0 Å². The first-order valence-corrected chi connectivity index (χ1v) is 10.4. The third kappa shape index (κ3) is 3.93. The Balaban J connectivity index is 2.25. The summed E-state index contributed by atoms with van der Waals surface area (Å²) in [5, 5.41) is 3.41. The van der Waals surface area contributed by atoms with E-state index in [0.29, 0.717) is 5.82 Å². The van der Waals surface area contributed by atoms with Gasteiger partial charge >= 0.3 is 0 Å². The highest BCUT2D eigenvalue weighted by atomic mass is 32.2. The Morgan fingerprint density at radius 1 is 0.889 bits per heavy atom. The monoisotopic (exact) mass is 382 g/mol. The zero-order valence-electron chi connectivity index (χ0n) is 16.4. The highest BCUT2D eigenvalue weighted by molar-refractivity contribution is 7.90. The summed E-state index contributed by atoms with van der Waals surface area (Å²) in [6, 6.07) is 16.8. The van der Waals surface area contributed by atoms with Crippen LogP contribution in [-0.4, -0.2) is 17.9 Å². The number of benzene rings is 2. The van der Waals surface area contributed by atoms with Crippen LogP contribution >= 0.6 is 0 Å². The van der Waals surface area contributed by atoms with Crippen molar-refractivity contribution in [3.05, 3.63) is 71.9 Å². The summed E-state index contributed by atoms with van der Waals surface area (Å²) in [5.74, 6) is 0.590. The lowest BCUT2D eigenvalue weighted by molar-refractivity contribution is 0.585. The van der Waals surface area contributed by atoms with E-state index in [2.05, 4.69) is 5.32 Å². The van der Waals surface area contributed by atoms with Crippen LogP contribution in [0.5, 0.6) is 0 Å². The van der Waals surface area contributed by atoms with Crippen LogP contribution in [0, 0.1) is 13.8 Å². The maximum Gasteiger partial charge on any atom is 0.269 e. The van der Waals surface area contributed by atoms with Crippen LogP contribution < -0.4 is 5.32 Å². The maximum absolute atomic E-state index is 13.4. The van der Waals surface area contributed by atoms with Gasteiger partial charge in [0.1, 0.15) is 5.82 Å². The largest absolute Gasteiger partial charge is 0.366 e. The Morgan fingerprint density at radius 3 is 2.04 bits per heavy atom. The average Bonchev–Trinajstić information content (AvgIpc) is 2.91. The molecule has 0 aliphatic carbocycles. The second-order valence-corrected chi connectivity index (χ2v) is 9.71. The highest BCUT2D eigenvalue weighted by Crippen LogP contribution is 2.37. The molecule has 4 nitrogen and oxygen atoms in total. The molecule has 0 unspecified atom stereocenters. The van der Waals surface area contributed by atoms with Gasteiger partial charge in [0.25, 0.3) is 10.0 Å². The molecular formula is C22H26N2O2S. The molecule has 3 rings (SSSR count). The lowest BCUT2D eigenvalue weighted by Gasteiger charge is -2.25. The van der Waals surface area contributed by atoms with Crippen molar-refractivity contribution >= 4 is 15.8 Å². The molecular weight excluding hydrogens is 356 g/mol. The van der Waals surface area contributed by atoms with Gasteiger partial charge in [0.05, 0.1) is 4.90 Å². The van der Waals surface area contributed by atoms with Crippen LogP contribution in [0.3, 0.4) is 0 Å². The summed E-state index contributed by atoms with van der Waals surface area (Å²) in [7, 11) is -3.71. The molecule has 0 amide bonds. The Bertz CT molecular complexity index is 1040. The van der Waals surface area contributed by atoms with E-state index < -0.39 is 10.0 Å². The Morgan fingerprint density at radius 2 is 1.48 bits per heavy atom. The number of nitrogens with one attached hydrogen (secondary N) is 1. The van der Waals surface area contributed by atoms with Crippen LogP contribution in [0.25, 0.3) is 11.1 Å². The molecule has 2 aromatic carbocycles. The molecule has 142 valence electrons. The molecule has 0 saturated carbocycles. The summed E-state index contributed by atoms with van der Waals surface area (Å²) in [6.07, 6.45) is 1.70. The van der Waals surface area contributed by atoms with Gasteiger partial charge in [-0.2, -0.15) is 0 Å². The van der Waals surface area contributed by atoms with E-state index in [0.717, 1.165) is 22.3 Å². The smallest absolute Gasteiger partial charge is 0.269 e. The molecule has 1 aromatic heterocycles. The molecule has 0 radical (unpaired) electrons. The van der Waals surface area contributed by atoms with E-state index >= 15 is 0 Å². The van der Waals surface area contributed by atoms with E-state index in [1.165, 1.54) is 3.97 Å². The molecule has 3 aromatic rings.